The van der Waals surface area contributed by atoms with Crippen LogP contribution < -0.4 is 15.4 Å². The molecule has 0 aromatic heterocycles. The van der Waals surface area contributed by atoms with Crippen molar-refractivity contribution in [3.8, 4) is 11.5 Å². The average Bonchev–Trinajstić information content (AvgIpc) is 2.60. The second-order valence-electron chi connectivity index (χ2n) is 6.33. The van der Waals surface area contributed by atoms with Gasteiger partial charge in [-0.2, -0.15) is 0 Å². The van der Waals surface area contributed by atoms with E-state index in [1.54, 1.807) is 0 Å². The third-order valence-electron chi connectivity index (χ3n) is 4.48. The van der Waals surface area contributed by atoms with Crippen molar-refractivity contribution in [2.75, 3.05) is 18.4 Å². The number of carbonyl (C=O) groups excluding carboxylic acids is 1. The van der Waals surface area contributed by atoms with Crippen molar-refractivity contribution in [3.63, 3.8) is 0 Å². The SMILES string of the molecule is Cc1cccc(C)c1Oc1ccccc1NC(=O)C1CCNCC1. The molecule has 0 spiro atoms. The molecule has 0 bridgehead atoms. The topological polar surface area (TPSA) is 50.4 Å². The number of amides is 1. The van der Waals surface area contributed by atoms with Gasteiger partial charge in [-0.1, -0.05) is 30.3 Å². The van der Waals surface area contributed by atoms with Crippen molar-refractivity contribution in [1.82, 2.24) is 5.32 Å². The first-order valence-corrected chi connectivity index (χ1v) is 8.50. The quantitative estimate of drug-likeness (QED) is 0.892. The molecule has 0 aliphatic carbocycles. The Balaban J connectivity index is 1.79. The van der Waals surface area contributed by atoms with Gasteiger partial charge in [0.05, 0.1) is 5.69 Å². The summed E-state index contributed by atoms with van der Waals surface area (Å²) in [7, 11) is 0. The maximum atomic E-state index is 12.5. The van der Waals surface area contributed by atoms with Gasteiger partial charge in [-0.25, -0.2) is 0 Å². The third-order valence-corrected chi connectivity index (χ3v) is 4.48. The molecule has 1 aliphatic rings. The molecule has 0 saturated carbocycles. The van der Waals surface area contributed by atoms with E-state index < -0.39 is 0 Å². The van der Waals surface area contributed by atoms with Crippen LogP contribution in [0.25, 0.3) is 0 Å². The van der Waals surface area contributed by atoms with Gasteiger partial charge in [0.2, 0.25) is 5.91 Å². The molecule has 1 amide bonds. The molecule has 0 radical (unpaired) electrons. The molecule has 1 saturated heterocycles. The normalized spacial score (nSPS) is 15.1. The minimum Gasteiger partial charge on any atom is -0.455 e. The summed E-state index contributed by atoms with van der Waals surface area (Å²) >= 11 is 0. The average molecular weight is 324 g/mol. The monoisotopic (exact) mass is 324 g/mol. The van der Waals surface area contributed by atoms with Gasteiger partial charge in [0.15, 0.2) is 5.75 Å². The van der Waals surface area contributed by atoms with Crippen LogP contribution in [0.3, 0.4) is 0 Å². The lowest BCUT2D eigenvalue weighted by molar-refractivity contribution is -0.120. The molecule has 4 heteroatoms. The van der Waals surface area contributed by atoms with E-state index in [0.29, 0.717) is 5.75 Å². The van der Waals surface area contributed by atoms with Crippen LogP contribution in [0, 0.1) is 19.8 Å². The highest BCUT2D eigenvalue weighted by atomic mass is 16.5. The molecule has 2 N–H and O–H groups in total. The number of benzene rings is 2. The van der Waals surface area contributed by atoms with Crippen LogP contribution in [0.2, 0.25) is 0 Å². The van der Waals surface area contributed by atoms with E-state index in [9.17, 15) is 4.79 Å². The molecule has 1 heterocycles. The summed E-state index contributed by atoms with van der Waals surface area (Å²) in [4.78, 5) is 12.5. The molecule has 2 aromatic rings. The van der Waals surface area contributed by atoms with Crippen molar-refractivity contribution in [2.24, 2.45) is 5.92 Å². The van der Waals surface area contributed by atoms with Crippen molar-refractivity contribution in [1.29, 1.82) is 0 Å². The van der Waals surface area contributed by atoms with E-state index in [0.717, 1.165) is 48.5 Å². The Labute approximate surface area is 143 Å². The minimum atomic E-state index is 0.0690. The fourth-order valence-corrected chi connectivity index (χ4v) is 3.05. The van der Waals surface area contributed by atoms with Gasteiger partial charge < -0.3 is 15.4 Å². The number of rotatable bonds is 4. The zero-order valence-electron chi connectivity index (χ0n) is 14.3. The lowest BCUT2D eigenvalue weighted by atomic mass is 9.97. The fraction of sp³-hybridized carbons (Fsp3) is 0.350. The zero-order valence-corrected chi connectivity index (χ0v) is 14.3. The van der Waals surface area contributed by atoms with Gasteiger partial charge in [0.25, 0.3) is 0 Å². The van der Waals surface area contributed by atoms with Crippen LogP contribution in [-0.4, -0.2) is 19.0 Å². The lowest BCUT2D eigenvalue weighted by Gasteiger charge is -2.22. The van der Waals surface area contributed by atoms with Crippen molar-refractivity contribution < 1.29 is 9.53 Å². The van der Waals surface area contributed by atoms with E-state index >= 15 is 0 Å². The van der Waals surface area contributed by atoms with Crippen LogP contribution in [0.4, 0.5) is 5.69 Å². The van der Waals surface area contributed by atoms with Crippen LogP contribution in [-0.2, 0) is 4.79 Å². The second kappa shape index (κ2) is 7.49. The first-order chi connectivity index (χ1) is 11.6. The summed E-state index contributed by atoms with van der Waals surface area (Å²) < 4.78 is 6.13. The number of para-hydroxylation sites is 3. The standard InChI is InChI=1S/C20H24N2O2/c1-14-6-5-7-15(2)19(14)24-18-9-4-3-8-17(18)22-20(23)16-10-12-21-13-11-16/h3-9,16,21H,10-13H2,1-2H3,(H,22,23). The van der Waals surface area contributed by atoms with Gasteiger partial charge >= 0.3 is 0 Å². The lowest BCUT2D eigenvalue weighted by Crippen LogP contribution is -2.34. The summed E-state index contributed by atoms with van der Waals surface area (Å²) in [5.41, 5.74) is 2.88. The van der Waals surface area contributed by atoms with Gasteiger partial charge in [-0.15, -0.1) is 0 Å². The van der Waals surface area contributed by atoms with Gasteiger partial charge in [-0.3, -0.25) is 4.79 Å². The summed E-state index contributed by atoms with van der Waals surface area (Å²) in [6, 6.07) is 13.7. The Kier molecular flexibility index (Phi) is 5.16. The first kappa shape index (κ1) is 16.5. The van der Waals surface area contributed by atoms with Crippen LogP contribution in [0.5, 0.6) is 11.5 Å². The Hall–Kier alpha value is -2.33. The van der Waals surface area contributed by atoms with Crippen LogP contribution in [0.1, 0.15) is 24.0 Å². The van der Waals surface area contributed by atoms with E-state index in [-0.39, 0.29) is 11.8 Å². The van der Waals surface area contributed by atoms with Crippen molar-refractivity contribution in [2.45, 2.75) is 26.7 Å². The molecule has 4 nitrogen and oxygen atoms in total. The highest BCUT2D eigenvalue weighted by molar-refractivity contribution is 5.94. The zero-order chi connectivity index (χ0) is 16.9. The third kappa shape index (κ3) is 3.77. The number of carbonyl (C=O) groups is 1. The molecule has 0 atom stereocenters. The molecule has 126 valence electrons. The number of hydrogen-bond acceptors (Lipinski definition) is 3. The smallest absolute Gasteiger partial charge is 0.227 e. The Morgan fingerprint density at radius 1 is 1.04 bits per heavy atom. The number of aryl methyl sites for hydroxylation is 2. The molecule has 1 aliphatic heterocycles. The highest BCUT2D eigenvalue weighted by Crippen LogP contribution is 2.33. The van der Waals surface area contributed by atoms with Crippen LogP contribution in [0.15, 0.2) is 42.5 Å². The molecular weight excluding hydrogens is 300 g/mol. The van der Waals surface area contributed by atoms with Crippen molar-refractivity contribution >= 4 is 11.6 Å². The van der Waals surface area contributed by atoms with Gasteiger partial charge in [0.1, 0.15) is 5.75 Å². The van der Waals surface area contributed by atoms with Gasteiger partial charge in [-0.05, 0) is 63.0 Å². The summed E-state index contributed by atoms with van der Waals surface area (Å²) in [6.07, 6.45) is 1.76. The van der Waals surface area contributed by atoms with E-state index in [1.165, 1.54) is 0 Å². The predicted octanol–water partition coefficient (Wildman–Crippen LogP) is 4.03. The summed E-state index contributed by atoms with van der Waals surface area (Å²) in [6.45, 7) is 5.86. The van der Waals surface area contributed by atoms with Gasteiger partial charge in [0, 0.05) is 5.92 Å². The molecule has 24 heavy (non-hydrogen) atoms. The molecule has 0 unspecified atom stereocenters. The Morgan fingerprint density at radius 2 is 1.71 bits per heavy atom. The Morgan fingerprint density at radius 3 is 2.42 bits per heavy atom. The highest BCUT2D eigenvalue weighted by Gasteiger charge is 2.22. The molecule has 1 fully saturated rings. The van der Waals surface area contributed by atoms with E-state index in [4.69, 9.17) is 4.74 Å². The van der Waals surface area contributed by atoms with E-state index in [2.05, 4.69) is 10.6 Å². The number of hydrogen-bond donors (Lipinski definition) is 2. The fourth-order valence-electron chi connectivity index (χ4n) is 3.05. The number of anilines is 1. The first-order valence-electron chi connectivity index (χ1n) is 8.50. The Bertz CT molecular complexity index is 701. The predicted molar refractivity (Wildman–Crippen MR) is 96.7 cm³/mol. The number of piperidine rings is 1. The van der Waals surface area contributed by atoms with Crippen LogP contribution >= 0.6 is 0 Å². The molecule has 3 rings (SSSR count). The van der Waals surface area contributed by atoms with E-state index in [1.807, 2.05) is 56.3 Å². The number of ether oxygens (including phenoxy) is 1. The van der Waals surface area contributed by atoms with Crippen molar-refractivity contribution in [3.05, 3.63) is 53.6 Å². The second-order valence-corrected chi connectivity index (χ2v) is 6.33. The summed E-state index contributed by atoms with van der Waals surface area (Å²) in [5, 5.41) is 6.33. The summed E-state index contributed by atoms with van der Waals surface area (Å²) in [5.74, 6) is 1.67. The largest absolute Gasteiger partial charge is 0.455 e. The molecular formula is C20H24N2O2. The molecule has 2 aromatic carbocycles. The minimum absolute atomic E-state index is 0.0690. The maximum absolute atomic E-state index is 12.5. The number of nitrogens with one attached hydrogen (secondary N) is 2. The maximum Gasteiger partial charge on any atom is 0.227 e.